The third kappa shape index (κ3) is 4.07. The molecule has 0 saturated heterocycles. The summed E-state index contributed by atoms with van der Waals surface area (Å²) in [5.74, 6) is 0.590. The summed E-state index contributed by atoms with van der Waals surface area (Å²) in [6.45, 7) is 4.96. The topological polar surface area (TPSA) is 67.0 Å². The maximum atomic E-state index is 12.4. The predicted octanol–water partition coefficient (Wildman–Crippen LogP) is 3.71. The molecule has 0 atom stereocenters. The molecule has 5 heteroatoms. The van der Waals surface area contributed by atoms with Crippen LogP contribution in [-0.4, -0.2) is 22.7 Å². The van der Waals surface area contributed by atoms with Crippen LogP contribution in [0.2, 0.25) is 0 Å². The highest BCUT2D eigenvalue weighted by molar-refractivity contribution is 5.93. The van der Waals surface area contributed by atoms with Crippen molar-refractivity contribution in [1.29, 1.82) is 0 Å². The Morgan fingerprint density at radius 2 is 1.92 bits per heavy atom. The smallest absolute Gasteiger partial charge is 0.269 e. The Labute approximate surface area is 147 Å². The number of benzene rings is 2. The highest BCUT2D eigenvalue weighted by Gasteiger charge is 2.12. The van der Waals surface area contributed by atoms with Gasteiger partial charge < -0.3 is 10.1 Å². The van der Waals surface area contributed by atoms with E-state index in [1.54, 1.807) is 6.07 Å². The van der Waals surface area contributed by atoms with Crippen molar-refractivity contribution in [3.05, 3.63) is 71.4 Å². The monoisotopic (exact) mass is 335 g/mol. The van der Waals surface area contributed by atoms with Crippen LogP contribution >= 0.6 is 0 Å². The van der Waals surface area contributed by atoms with E-state index in [2.05, 4.69) is 15.5 Å². The molecule has 1 amide bonds. The quantitative estimate of drug-likeness (QED) is 0.721. The molecule has 1 heterocycles. The summed E-state index contributed by atoms with van der Waals surface area (Å²) in [6, 6.07) is 17.5. The molecule has 128 valence electrons. The number of amides is 1. The largest absolute Gasteiger partial charge is 0.494 e. The van der Waals surface area contributed by atoms with Crippen LogP contribution in [0.4, 0.5) is 0 Å². The van der Waals surface area contributed by atoms with Gasteiger partial charge in [-0.05, 0) is 26.0 Å². The molecule has 0 aliphatic rings. The summed E-state index contributed by atoms with van der Waals surface area (Å²) in [7, 11) is 0. The second-order valence-electron chi connectivity index (χ2n) is 5.76. The maximum absolute atomic E-state index is 12.4. The standard InChI is InChI=1S/C20H21N3O2/c1-3-25-19-7-5-4-6-16(19)13-21-20(24)18-12-17(22-23-18)15-10-8-14(2)9-11-15/h4-12H,3,13H2,1-2H3,(H,21,24)(H,22,23). The van der Waals surface area contributed by atoms with Crippen LogP contribution in [0.3, 0.4) is 0 Å². The van der Waals surface area contributed by atoms with Gasteiger partial charge in [0.2, 0.25) is 0 Å². The van der Waals surface area contributed by atoms with Gasteiger partial charge in [0.1, 0.15) is 11.4 Å². The number of para-hydroxylation sites is 1. The fourth-order valence-corrected chi connectivity index (χ4v) is 2.53. The van der Waals surface area contributed by atoms with E-state index in [1.165, 1.54) is 5.56 Å². The zero-order valence-electron chi connectivity index (χ0n) is 14.4. The number of hydrogen-bond donors (Lipinski definition) is 2. The molecule has 3 aromatic rings. The first-order chi connectivity index (χ1) is 12.2. The second kappa shape index (κ2) is 7.66. The molecule has 3 rings (SSSR count). The first-order valence-electron chi connectivity index (χ1n) is 8.28. The van der Waals surface area contributed by atoms with Gasteiger partial charge in [-0.3, -0.25) is 9.89 Å². The van der Waals surface area contributed by atoms with Gasteiger partial charge in [-0.15, -0.1) is 0 Å². The van der Waals surface area contributed by atoms with Crippen molar-refractivity contribution in [3.63, 3.8) is 0 Å². The fraction of sp³-hybridized carbons (Fsp3) is 0.200. The molecule has 0 aliphatic carbocycles. The fourth-order valence-electron chi connectivity index (χ4n) is 2.53. The molecule has 0 fully saturated rings. The number of aromatic nitrogens is 2. The number of rotatable bonds is 6. The van der Waals surface area contributed by atoms with Crippen LogP contribution in [0.15, 0.2) is 54.6 Å². The lowest BCUT2D eigenvalue weighted by Crippen LogP contribution is -2.23. The van der Waals surface area contributed by atoms with Crippen LogP contribution in [0.5, 0.6) is 5.75 Å². The molecule has 2 N–H and O–H groups in total. The van der Waals surface area contributed by atoms with E-state index in [4.69, 9.17) is 4.74 Å². The first kappa shape index (κ1) is 16.8. The highest BCUT2D eigenvalue weighted by Crippen LogP contribution is 2.19. The Morgan fingerprint density at radius 1 is 1.16 bits per heavy atom. The van der Waals surface area contributed by atoms with Gasteiger partial charge in [-0.1, -0.05) is 48.0 Å². The molecule has 0 radical (unpaired) electrons. The Hall–Kier alpha value is -3.08. The molecule has 2 aromatic carbocycles. The number of aryl methyl sites for hydroxylation is 1. The number of H-pyrrole nitrogens is 1. The van der Waals surface area contributed by atoms with Gasteiger partial charge in [-0.25, -0.2) is 0 Å². The Kier molecular flexibility index (Phi) is 5.14. The van der Waals surface area contributed by atoms with Crippen LogP contribution in [0, 0.1) is 6.92 Å². The summed E-state index contributed by atoms with van der Waals surface area (Å²) >= 11 is 0. The molecule has 0 unspecified atom stereocenters. The zero-order valence-corrected chi connectivity index (χ0v) is 14.4. The van der Waals surface area contributed by atoms with Gasteiger partial charge in [-0.2, -0.15) is 5.10 Å². The van der Waals surface area contributed by atoms with E-state index in [0.29, 0.717) is 18.8 Å². The van der Waals surface area contributed by atoms with Crippen LogP contribution in [-0.2, 0) is 6.54 Å². The lowest BCUT2D eigenvalue weighted by molar-refractivity contribution is 0.0945. The summed E-state index contributed by atoms with van der Waals surface area (Å²) in [5, 5.41) is 9.93. The number of hydrogen-bond acceptors (Lipinski definition) is 3. The molecule has 0 bridgehead atoms. The third-order valence-corrected chi connectivity index (χ3v) is 3.88. The van der Waals surface area contributed by atoms with Crippen molar-refractivity contribution in [2.75, 3.05) is 6.61 Å². The molecule has 25 heavy (non-hydrogen) atoms. The molecule has 0 spiro atoms. The average molecular weight is 335 g/mol. The van der Waals surface area contributed by atoms with E-state index in [1.807, 2.05) is 62.4 Å². The van der Waals surface area contributed by atoms with Crippen LogP contribution in [0.25, 0.3) is 11.3 Å². The Bertz CT molecular complexity index is 853. The minimum absolute atomic E-state index is 0.197. The van der Waals surface area contributed by atoms with Gasteiger partial charge in [0.15, 0.2) is 0 Å². The maximum Gasteiger partial charge on any atom is 0.269 e. The van der Waals surface area contributed by atoms with Crippen LogP contribution < -0.4 is 10.1 Å². The van der Waals surface area contributed by atoms with Gasteiger partial charge in [0.05, 0.1) is 12.3 Å². The minimum atomic E-state index is -0.197. The molecule has 1 aromatic heterocycles. The van der Waals surface area contributed by atoms with Crippen LogP contribution in [0.1, 0.15) is 28.5 Å². The highest BCUT2D eigenvalue weighted by atomic mass is 16.5. The predicted molar refractivity (Wildman–Crippen MR) is 97.5 cm³/mol. The van der Waals surface area contributed by atoms with Gasteiger partial charge in [0.25, 0.3) is 5.91 Å². The number of carbonyl (C=O) groups is 1. The zero-order chi connectivity index (χ0) is 17.6. The molecular formula is C20H21N3O2. The lowest BCUT2D eigenvalue weighted by atomic mass is 10.1. The second-order valence-corrected chi connectivity index (χ2v) is 5.76. The first-order valence-corrected chi connectivity index (χ1v) is 8.28. The number of ether oxygens (including phenoxy) is 1. The summed E-state index contributed by atoms with van der Waals surface area (Å²) in [4.78, 5) is 12.4. The van der Waals surface area contributed by atoms with E-state index in [9.17, 15) is 4.79 Å². The van der Waals surface area contributed by atoms with Crippen molar-refractivity contribution in [2.45, 2.75) is 20.4 Å². The molecule has 0 aliphatic heterocycles. The van der Waals surface area contributed by atoms with Crippen molar-refractivity contribution < 1.29 is 9.53 Å². The van der Waals surface area contributed by atoms with E-state index < -0.39 is 0 Å². The van der Waals surface area contributed by atoms with E-state index in [-0.39, 0.29) is 5.91 Å². The normalized spacial score (nSPS) is 10.5. The van der Waals surface area contributed by atoms with Crippen molar-refractivity contribution >= 4 is 5.91 Å². The number of aromatic amines is 1. The van der Waals surface area contributed by atoms with Crippen molar-refractivity contribution in [3.8, 4) is 17.0 Å². The third-order valence-electron chi connectivity index (χ3n) is 3.88. The average Bonchev–Trinajstić information content (AvgIpc) is 3.12. The Morgan fingerprint density at radius 3 is 2.68 bits per heavy atom. The lowest BCUT2D eigenvalue weighted by Gasteiger charge is -2.10. The summed E-state index contributed by atoms with van der Waals surface area (Å²) in [5.41, 5.74) is 4.29. The van der Waals surface area contributed by atoms with E-state index >= 15 is 0 Å². The van der Waals surface area contributed by atoms with E-state index in [0.717, 1.165) is 22.6 Å². The van der Waals surface area contributed by atoms with Crippen molar-refractivity contribution in [2.24, 2.45) is 0 Å². The molecule has 0 saturated carbocycles. The number of nitrogens with zero attached hydrogens (tertiary/aromatic N) is 1. The number of carbonyl (C=O) groups excluding carboxylic acids is 1. The van der Waals surface area contributed by atoms with Gasteiger partial charge >= 0.3 is 0 Å². The molecular weight excluding hydrogens is 314 g/mol. The number of nitrogens with one attached hydrogen (secondary N) is 2. The molecule has 5 nitrogen and oxygen atoms in total. The minimum Gasteiger partial charge on any atom is -0.494 e. The Balaban J connectivity index is 1.67. The SMILES string of the molecule is CCOc1ccccc1CNC(=O)c1cc(-c2ccc(C)cc2)n[nH]1. The van der Waals surface area contributed by atoms with Gasteiger partial charge in [0, 0.05) is 17.7 Å². The summed E-state index contributed by atoms with van der Waals surface area (Å²) < 4.78 is 5.58. The van der Waals surface area contributed by atoms with Crippen molar-refractivity contribution in [1.82, 2.24) is 15.5 Å². The summed E-state index contributed by atoms with van der Waals surface area (Å²) in [6.07, 6.45) is 0.